The standard InChI is InChI=1S/C18H28N6O/c1-4-5-6-16-21-11-14(22-16)12-24-9-10-25-15(13-24)17-18(23(2)3)20-8-7-19-17/h7-8,11,15H,4-6,9-10,12-13H2,1-3H3,(H,21,22). The molecule has 3 heterocycles. The van der Waals surface area contributed by atoms with Crippen molar-refractivity contribution in [3.05, 3.63) is 35.8 Å². The highest BCUT2D eigenvalue weighted by atomic mass is 16.5. The number of rotatable bonds is 7. The summed E-state index contributed by atoms with van der Waals surface area (Å²) in [6, 6.07) is 0. The maximum atomic E-state index is 5.98. The Hall–Kier alpha value is -1.99. The lowest BCUT2D eigenvalue weighted by molar-refractivity contribution is -0.0351. The van der Waals surface area contributed by atoms with Gasteiger partial charge in [0.1, 0.15) is 17.6 Å². The number of aromatic amines is 1. The summed E-state index contributed by atoms with van der Waals surface area (Å²) in [6.07, 6.45) is 8.75. The normalized spacial score (nSPS) is 18.4. The van der Waals surface area contributed by atoms with Crippen LogP contribution >= 0.6 is 0 Å². The van der Waals surface area contributed by atoms with E-state index in [0.717, 1.165) is 43.4 Å². The van der Waals surface area contributed by atoms with Crippen LogP contribution in [0.15, 0.2) is 18.6 Å². The fourth-order valence-corrected chi connectivity index (χ4v) is 3.12. The van der Waals surface area contributed by atoms with E-state index in [1.165, 1.54) is 18.5 Å². The zero-order valence-corrected chi connectivity index (χ0v) is 15.4. The lowest BCUT2D eigenvalue weighted by atomic mass is 10.2. The average Bonchev–Trinajstić information content (AvgIpc) is 3.07. The number of aryl methyl sites for hydroxylation is 1. The number of hydrogen-bond acceptors (Lipinski definition) is 6. The molecule has 1 fully saturated rings. The fourth-order valence-electron chi connectivity index (χ4n) is 3.12. The highest BCUT2D eigenvalue weighted by Gasteiger charge is 2.26. The molecular formula is C18H28N6O. The Morgan fingerprint density at radius 2 is 2.12 bits per heavy atom. The van der Waals surface area contributed by atoms with E-state index in [9.17, 15) is 0 Å². The number of nitrogens with zero attached hydrogens (tertiary/aromatic N) is 5. The molecule has 7 nitrogen and oxygen atoms in total. The third-order valence-electron chi connectivity index (χ3n) is 4.43. The number of ether oxygens (including phenoxy) is 1. The van der Waals surface area contributed by atoms with Gasteiger partial charge in [0.2, 0.25) is 0 Å². The van der Waals surface area contributed by atoms with Gasteiger partial charge in [-0.2, -0.15) is 0 Å². The summed E-state index contributed by atoms with van der Waals surface area (Å²) in [7, 11) is 3.97. The second kappa shape index (κ2) is 8.40. The number of nitrogens with one attached hydrogen (secondary N) is 1. The van der Waals surface area contributed by atoms with Crippen LogP contribution in [-0.2, 0) is 17.7 Å². The minimum absolute atomic E-state index is 0.0534. The second-order valence-corrected chi connectivity index (χ2v) is 6.71. The van der Waals surface area contributed by atoms with E-state index in [0.29, 0.717) is 6.61 Å². The molecule has 1 saturated heterocycles. The summed E-state index contributed by atoms with van der Waals surface area (Å²) in [6.45, 7) is 5.48. The minimum Gasteiger partial charge on any atom is -0.369 e. The summed E-state index contributed by atoms with van der Waals surface area (Å²) in [5, 5.41) is 0. The quantitative estimate of drug-likeness (QED) is 0.830. The van der Waals surface area contributed by atoms with E-state index in [4.69, 9.17) is 4.74 Å². The van der Waals surface area contributed by atoms with Gasteiger partial charge < -0.3 is 14.6 Å². The highest BCUT2D eigenvalue weighted by molar-refractivity contribution is 5.42. The van der Waals surface area contributed by atoms with Gasteiger partial charge in [0, 0.05) is 64.4 Å². The lowest BCUT2D eigenvalue weighted by Gasteiger charge is -2.33. The van der Waals surface area contributed by atoms with Gasteiger partial charge in [0.15, 0.2) is 5.82 Å². The molecule has 1 aliphatic rings. The van der Waals surface area contributed by atoms with E-state index in [1.54, 1.807) is 12.4 Å². The first kappa shape index (κ1) is 17.8. The van der Waals surface area contributed by atoms with Gasteiger partial charge in [0.05, 0.1) is 6.61 Å². The van der Waals surface area contributed by atoms with Gasteiger partial charge >= 0.3 is 0 Å². The van der Waals surface area contributed by atoms with Crippen LogP contribution in [0.4, 0.5) is 5.82 Å². The van der Waals surface area contributed by atoms with E-state index in [1.807, 2.05) is 25.2 Å². The molecule has 0 aliphatic carbocycles. The topological polar surface area (TPSA) is 70.2 Å². The molecule has 7 heteroatoms. The predicted molar refractivity (Wildman–Crippen MR) is 97.5 cm³/mol. The lowest BCUT2D eigenvalue weighted by Crippen LogP contribution is -2.38. The number of anilines is 1. The Labute approximate surface area is 149 Å². The Morgan fingerprint density at radius 3 is 2.92 bits per heavy atom. The second-order valence-electron chi connectivity index (χ2n) is 6.71. The van der Waals surface area contributed by atoms with Crippen molar-refractivity contribution in [3.8, 4) is 0 Å². The van der Waals surface area contributed by atoms with E-state index in [2.05, 4.69) is 31.8 Å². The van der Waals surface area contributed by atoms with E-state index in [-0.39, 0.29) is 6.10 Å². The van der Waals surface area contributed by atoms with Crippen LogP contribution in [0.5, 0.6) is 0 Å². The molecule has 0 amide bonds. The Balaban J connectivity index is 1.64. The van der Waals surface area contributed by atoms with Crippen molar-refractivity contribution >= 4 is 5.82 Å². The molecule has 25 heavy (non-hydrogen) atoms. The summed E-state index contributed by atoms with van der Waals surface area (Å²) < 4.78 is 5.98. The summed E-state index contributed by atoms with van der Waals surface area (Å²) >= 11 is 0. The van der Waals surface area contributed by atoms with Crippen molar-refractivity contribution < 1.29 is 4.74 Å². The number of aromatic nitrogens is 4. The number of morpholine rings is 1. The van der Waals surface area contributed by atoms with Crippen LogP contribution in [0, 0.1) is 0 Å². The molecule has 0 spiro atoms. The van der Waals surface area contributed by atoms with Gasteiger partial charge in [-0.05, 0) is 6.42 Å². The fraction of sp³-hybridized carbons (Fsp3) is 0.611. The zero-order valence-electron chi connectivity index (χ0n) is 15.4. The summed E-state index contributed by atoms with van der Waals surface area (Å²) in [5.41, 5.74) is 2.07. The van der Waals surface area contributed by atoms with Gasteiger partial charge in [-0.1, -0.05) is 13.3 Å². The van der Waals surface area contributed by atoms with E-state index >= 15 is 0 Å². The zero-order chi connectivity index (χ0) is 17.6. The number of imidazole rings is 1. The van der Waals surface area contributed by atoms with Gasteiger partial charge in [0.25, 0.3) is 0 Å². The molecule has 1 N–H and O–H groups in total. The molecule has 0 bridgehead atoms. The maximum absolute atomic E-state index is 5.98. The van der Waals surface area contributed by atoms with E-state index < -0.39 is 0 Å². The van der Waals surface area contributed by atoms with Gasteiger partial charge in [-0.3, -0.25) is 9.88 Å². The maximum Gasteiger partial charge on any atom is 0.152 e. The van der Waals surface area contributed by atoms with Crippen molar-refractivity contribution in [1.29, 1.82) is 0 Å². The van der Waals surface area contributed by atoms with Crippen LogP contribution in [0.25, 0.3) is 0 Å². The third-order valence-corrected chi connectivity index (χ3v) is 4.43. The van der Waals surface area contributed by atoms with Crippen molar-refractivity contribution in [3.63, 3.8) is 0 Å². The molecule has 1 unspecified atom stereocenters. The molecule has 1 atom stereocenters. The first-order valence-corrected chi connectivity index (χ1v) is 9.02. The molecule has 136 valence electrons. The number of hydrogen-bond donors (Lipinski definition) is 1. The molecule has 2 aromatic rings. The van der Waals surface area contributed by atoms with Crippen molar-refractivity contribution in [1.82, 2.24) is 24.8 Å². The third kappa shape index (κ3) is 4.55. The van der Waals surface area contributed by atoms with Crippen LogP contribution in [0.3, 0.4) is 0 Å². The van der Waals surface area contributed by atoms with Crippen LogP contribution in [-0.4, -0.2) is 58.6 Å². The number of unbranched alkanes of at least 4 members (excludes halogenated alkanes) is 1. The van der Waals surface area contributed by atoms with Gasteiger partial charge in [-0.25, -0.2) is 9.97 Å². The molecule has 2 aromatic heterocycles. The summed E-state index contributed by atoms with van der Waals surface area (Å²) in [5.74, 6) is 1.96. The number of H-pyrrole nitrogens is 1. The van der Waals surface area contributed by atoms with Crippen LogP contribution in [0.1, 0.15) is 43.1 Å². The van der Waals surface area contributed by atoms with Crippen molar-refractivity contribution in [2.24, 2.45) is 0 Å². The SMILES string of the molecule is CCCCc1ncc(CN2CCOC(c3nccnc3N(C)C)C2)[nH]1. The van der Waals surface area contributed by atoms with Crippen LogP contribution < -0.4 is 4.90 Å². The Morgan fingerprint density at radius 1 is 1.28 bits per heavy atom. The van der Waals surface area contributed by atoms with Crippen molar-refractivity contribution in [2.75, 3.05) is 38.7 Å². The molecule has 0 aromatic carbocycles. The molecule has 3 rings (SSSR count). The highest BCUT2D eigenvalue weighted by Crippen LogP contribution is 2.27. The predicted octanol–water partition coefficient (Wildman–Crippen LogP) is 2.18. The summed E-state index contributed by atoms with van der Waals surface area (Å²) in [4.78, 5) is 21.3. The smallest absolute Gasteiger partial charge is 0.152 e. The monoisotopic (exact) mass is 344 g/mol. The van der Waals surface area contributed by atoms with Crippen LogP contribution in [0.2, 0.25) is 0 Å². The van der Waals surface area contributed by atoms with Crippen molar-refractivity contribution in [2.45, 2.75) is 38.8 Å². The Bertz CT molecular complexity index is 671. The largest absolute Gasteiger partial charge is 0.369 e. The molecule has 0 saturated carbocycles. The van der Waals surface area contributed by atoms with Gasteiger partial charge in [-0.15, -0.1) is 0 Å². The molecule has 0 radical (unpaired) electrons. The Kier molecular flexibility index (Phi) is 5.99. The molecule has 1 aliphatic heterocycles. The average molecular weight is 344 g/mol. The minimum atomic E-state index is -0.0534. The molecular weight excluding hydrogens is 316 g/mol. The first-order chi connectivity index (χ1) is 12.2. The first-order valence-electron chi connectivity index (χ1n) is 9.02.